The van der Waals surface area contributed by atoms with Crippen molar-refractivity contribution in [2.45, 2.75) is 50.7 Å². The lowest BCUT2D eigenvalue weighted by Crippen LogP contribution is -2.34. The van der Waals surface area contributed by atoms with Crippen molar-refractivity contribution in [2.75, 3.05) is 49.2 Å². The maximum Gasteiger partial charge on any atom is 0.157 e. The van der Waals surface area contributed by atoms with Crippen molar-refractivity contribution in [1.82, 2.24) is 4.98 Å². The Morgan fingerprint density at radius 1 is 0.892 bits per heavy atom. The van der Waals surface area contributed by atoms with Crippen LogP contribution in [-0.2, 0) is 9.47 Å². The maximum absolute atomic E-state index is 9.43. The van der Waals surface area contributed by atoms with Crippen LogP contribution in [0, 0.1) is 17.2 Å². The molecule has 4 heterocycles. The van der Waals surface area contributed by atoms with Gasteiger partial charge >= 0.3 is 0 Å². The van der Waals surface area contributed by atoms with Gasteiger partial charge in [0.2, 0.25) is 0 Å². The highest BCUT2D eigenvalue weighted by molar-refractivity contribution is 6.36. The lowest BCUT2D eigenvalue weighted by atomic mass is 9.88. The van der Waals surface area contributed by atoms with E-state index in [1.807, 2.05) is 6.07 Å². The summed E-state index contributed by atoms with van der Waals surface area (Å²) in [6, 6.07) is 15.6. The van der Waals surface area contributed by atoms with Gasteiger partial charge in [-0.25, -0.2) is 0 Å². The SMILES string of the molecule is N#Cc1c[nH]c2c(N3CCC(c4ccc(N5CCC(CCC6OCCO6)CC5)cc4)CC3)ccc(Cl)c12. The van der Waals surface area contributed by atoms with Crippen LogP contribution in [0.1, 0.15) is 55.6 Å². The number of nitrogens with one attached hydrogen (secondary N) is 1. The molecule has 0 amide bonds. The number of piperidine rings is 2. The van der Waals surface area contributed by atoms with Gasteiger partial charge in [0.1, 0.15) is 6.07 Å². The standard InChI is InChI=1S/C30H35ClN4O2/c31-26-6-7-27(30-29(26)24(19-32)20-33-30)35-15-11-23(12-16-35)22-2-4-25(5-3-22)34-13-9-21(10-14-34)1-8-28-36-17-18-37-28/h2-7,20-21,23,28,33H,1,8-18H2. The van der Waals surface area contributed by atoms with Crippen LogP contribution in [0.4, 0.5) is 11.4 Å². The second-order valence-electron chi connectivity index (χ2n) is 10.7. The molecule has 3 saturated heterocycles. The molecule has 37 heavy (non-hydrogen) atoms. The first kappa shape index (κ1) is 24.6. The summed E-state index contributed by atoms with van der Waals surface area (Å²) in [4.78, 5) is 8.26. The van der Waals surface area contributed by atoms with Gasteiger partial charge in [0, 0.05) is 43.4 Å². The Kier molecular flexibility index (Phi) is 7.28. The summed E-state index contributed by atoms with van der Waals surface area (Å²) >= 11 is 6.41. The van der Waals surface area contributed by atoms with Gasteiger partial charge in [-0.1, -0.05) is 23.7 Å². The summed E-state index contributed by atoms with van der Waals surface area (Å²) in [7, 11) is 0. The Hall–Kier alpha value is -2.72. The molecule has 3 aliphatic heterocycles. The van der Waals surface area contributed by atoms with Gasteiger partial charge < -0.3 is 24.3 Å². The molecule has 1 aromatic heterocycles. The van der Waals surface area contributed by atoms with Gasteiger partial charge in [0.25, 0.3) is 0 Å². The van der Waals surface area contributed by atoms with E-state index in [1.165, 1.54) is 30.5 Å². The number of anilines is 2. The molecule has 6 nitrogen and oxygen atoms in total. The second kappa shape index (κ2) is 10.9. The van der Waals surface area contributed by atoms with Gasteiger partial charge in [-0.15, -0.1) is 0 Å². The first-order valence-electron chi connectivity index (χ1n) is 13.7. The zero-order chi connectivity index (χ0) is 25.2. The highest BCUT2D eigenvalue weighted by Crippen LogP contribution is 2.37. The number of nitriles is 1. The van der Waals surface area contributed by atoms with E-state index >= 15 is 0 Å². The average Bonchev–Trinajstić information content (AvgIpc) is 3.64. The van der Waals surface area contributed by atoms with Crippen LogP contribution >= 0.6 is 11.6 Å². The Balaban J connectivity index is 1.02. The molecule has 3 fully saturated rings. The molecule has 6 rings (SSSR count). The number of benzene rings is 2. The predicted molar refractivity (Wildman–Crippen MR) is 149 cm³/mol. The third-order valence-electron chi connectivity index (χ3n) is 8.56. The molecule has 0 unspecified atom stereocenters. The summed E-state index contributed by atoms with van der Waals surface area (Å²) in [6.45, 7) is 5.76. The number of rotatable bonds is 6. The molecule has 0 saturated carbocycles. The van der Waals surface area contributed by atoms with Gasteiger partial charge in [-0.2, -0.15) is 5.26 Å². The van der Waals surface area contributed by atoms with E-state index in [1.54, 1.807) is 6.20 Å². The van der Waals surface area contributed by atoms with E-state index in [4.69, 9.17) is 21.1 Å². The fraction of sp³-hybridized carbons (Fsp3) is 0.500. The molecule has 2 aromatic carbocycles. The highest BCUT2D eigenvalue weighted by Gasteiger charge is 2.25. The quantitative estimate of drug-likeness (QED) is 0.406. The summed E-state index contributed by atoms with van der Waals surface area (Å²) in [5.74, 6) is 1.37. The number of nitrogens with zero attached hydrogens (tertiary/aromatic N) is 3. The van der Waals surface area contributed by atoms with Gasteiger partial charge in [0.05, 0.1) is 35.0 Å². The van der Waals surface area contributed by atoms with Crippen LogP contribution in [0.15, 0.2) is 42.6 Å². The fourth-order valence-electron chi connectivity index (χ4n) is 6.38. The van der Waals surface area contributed by atoms with Crippen LogP contribution < -0.4 is 9.80 Å². The lowest BCUT2D eigenvalue weighted by Gasteiger charge is -2.35. The summed E-state index contributed by atoms with van der Waals surface area (Å²) in [6.07, 6.45) is 8.79. The minimum atomic E-state index is 0.0366. The zero-order valence-electron chi connectivity index (χ0n) is 21.3. The molecular formula is C30H35ClN4O2. The van der Waals surface area contributed by atoms with Crippen molar-refractivity contribution < 1.29 is 9.47 Å². The number of H-pyrrole nitrogens is 1. The summed E-state index contributed by atoms with van der Waals surface area (Å²) in [5.41, 5.74) is 5.51. The molecule has 3 aromatic rings. The van der Waals surface area contributed by atoms with Gasteiger partial charge in [0.15, 0.2) is 6.29 Å². The normalized spacial score (nSPS) is 20.1. The average molecular weight is 519 g/mol. The van der Waals surface area contributed by atoms with Gasteiger partial charge in [-0.3, -0.25) is 0 Å². The van der Waals surface area contributed by atoms with Crippen molar-refractivity contribution in [1.29, 1.82) is 5.26 Å². The minimum Gasteiger partial charge on any atom is -0.372 e. The zero-order valence-corrected chi connectivity index (χ0v) is 22.1. The summed E-state index contributed by atoms with van der Waals surface area (Å²) in [5, 5.41) is 10.9. The molecule has 0 radical (unpaired) electrons. The third kappa shape index (κ3) is 5.18. The minimum absolute atomic E-state index is 0.0366. The highest BCUT2D eigenvalue weighted by atomic mass is 35.5. The molecule has 194 valence electrons. The first-order valence-corrected chi connectivity index (χ1v) is 14.1. The number of halogens is 1. The molecule has 0 spiro atoms. The van der Waals surface area contributed by atoms with Crippen molar-refractivity contribution in [3.63, 3.8) is 0 Å². The van der Waals surface area contributed by atoms with Crippen molar-refractivity contribution >= 4 is 33.9 Å². The molecule has 0 bridgehead atoms. The van der Waals surface area contributed by atoms with E-state index in [0.717, 1.165) is 81.2 Å². The van der Waals surface area contributed by atoms with Crippen LogP contribution in [0.3, 0.4) is 0 Å². The van der Waals surface area contributed by atoms with Gasteiger partial charge in [-0.05, 0) is 80.2 Å². The van der Waals surface area contributed by atoms with Crippen molar-refractivity contribution in [3.8, 4) is 6.07 Å². The first-order chi connectivity index (χ1) is 18.2. The largest absolute Gasteiger partial charge is 0.372 e. The lowest BCUT2D eigenvalue weighted by molar-refractivity contribution is -0.0506. The number of hydrogen-bond donors (Lipinski definition) is 1. The van der Waals surface area contributed by atoms with Crippen LogP contribution in [0.25, 0.3) is 10.9 Å². The Morgan fingerprint density at radius 2 is 1.59 bits per heavy atom. The van der Waals surface area contributed by atoms with E-state index in [9.17, 15) is 5.26 Å². The molecule has 0 aliphatic carbocycles. The number of aromatic nitrogens is 1. The third-order valence-corrected chi connectivity index (χ3v) is 8.88. The fourth-order valence-corrected chi connectivity index (χ4v) is 6.64. The Labute approximate surface area is 224 Å². The second-order valence-corrected chi connectivity index (χ2v) is 11.1. The van der Waals surface area contributed by atoms with Crippen molar-refractivity contribution in [3.05, 3.63) is 58.7 Å². The van der Waals surface area contributed by atoms with E-state index in [-0.39, 0.29) is 6.29 Å². The monoisotopic (exact) mass is 518 g/mol. The topological polar surface area (TPSA) is 64.5 Å². The van der Waals surface area contributed by atoms with Crippen LogP contribution in [0.2, 0.25) is 5.02 Å². The summed E-state index contributed by atoms with van der Waals surface area (Å²) < 4.78 is 11.2. The molecule has 1 N–H and O–H groups in total. The molecule has 7 heteroatoms. The van der Waals surface area contributed by atoms with Crippen LogP contribution in [-0.4, -0.2) is 50.7 Å². The predicted octanol–water partition coefficient (Wildman–Crippen LogP) is 6.45. The molecule has 0 atom stereocenters. The number of hydrogen-bond acceptors (Lipinski definition) is 5. The molecular weight excluding hydrogens is 484 g/mol. The molecule has 3 aliphatic rings. The number of aromatic amines is 1. The maximum atomic E-state index is 9.43. The van der Waals surface area contributed by atoms with Crippen LogP contribution in [0.5, 0.6) is 0 Å². The smallest absolute Gasteiger partial charge is 0.157 e. The van der Waals surface area contributed by atoms with E-state index < -0.39 is 0 Å². The van der Waals surface area contributed by atoms with E-state index in [2.05, 4.69) is 51.2 Å². The van der Waals surface area contributed by atoms with Crippen molar-refractivity contribution in [2.24, 2.45) is 5.92 Å². The number of ether oxygens (including phenoxy) is 2. The Bertz CT molecular complexity index is 1250. The Morgan fingerprint density at radius 3 is 2.30 bits per heavy atom. The number of fused-ring (bicyclic) bond motifs is 1. The van der Waals surface area contributed by atoms with E-state index in [0.29, 0.717) is 16.5 Å².